The Kier molecular flexibility index (Phi) is 4.55. The summed E-state index contributed by atoms with van der Waals surface area (Å²) in [6.07, 6.45) is 0. The van der Waals surface area contributed by atoms with Crippen LogP contribution in [0, 0.1) is 35.8 Å². The first-order chi connectivity index (χ1) is 11.4. The van der Waals surface area contributed by atoms with Crippen LogP contribution in [-0.2, 0) is 0 Å². The number of hydrogen-bond donors (Lipinski definition) is 0. The van der Waals surface area contributed by atoms with Gasteiger partial charge in [0, 0.05) is 0 Å². The van der Waals surface area contributed by atoms with Gasteiger partial charge in [0.15, 0.2) is 11.4 Å². The minimum absolute atomic E-state index is 0.0391. The van der Waals surface area contributed by atoms with Crippen molar-refractivity contribution in [2.24, 2.45) is 0 Å². The Bertz CT molecular complexity index is 917. The molecule has 2 aromatic carbocycles. The number of rotatable bonds is 2. The Morgan fingerprint density at radius 2 is 1.50 bits per heavy atom. The highest BCUT2D eigenvalue weighted by molar-refractivity contribution is 6.10. The second-order valence-electron chi connectivity index (χ2n) is 6.23. The largest absolute Gasteiger partial charge is 0.239 e. The Morgan fingerprint density at radius 1 is 0.875 bits per heavy atom. The van der Waals surface area contributed by atoms with Gasteiger partial charge in [-0.2, -0.15) is 10.5 Å². The van der Waals surface area contributed by atoms with Crippen LogP contribution in [-0.4, -0.2) is 0 Å². The van der Waals surface area contributed by atoms with Gasteiger partial charge in [-0.25, -0.2) is 9.69 Å². The lowest BCUT2D eigenvalue weighted by Gasteiger charge is -2.18. The Hall–Kier alpha value is -3.34. The summed E-state index contributed by atoms with van der Waals surface area (Å²) in [7, 11) is 0. The van der Waals surface area contributed by atoms with Crippen molar-refractivity contribution >= 4 is 22.1 Å². The van der Waals surface area contributed by atoms with E-state index in [2.05, 4.69) is 21.8 Å². The van der Waals surface area contributed by atoms with E-state index in [1.165, 1.54) is 0 Å². The molecule has 0 N–H and O–H groups in total. The van der Waals surface area contributed by atoms with Gasteiger partial charge in [-0.1, -0.05) is 39.8 Å². The first kappa shape index (κ1) is 17.0. The molecule has 0 aliphatic rings. The zero-order valence-corrected chi connectivity index (χ0v) is 14.1. The average Bonchev–Trinajstić information content (AvgIpc) is 2.58. The molecule has 0 bridgehead atoms. The summed E-state index contributed by atoms with van der Waals surface area (Å²) in [6.45, 7) is 22.9. The number of nitriles is 2. The van der Waals surface area contributed by atoms with E-state index < -0.39 is 0 Å². The summed E-state index contributed by atoms with van der Waals surface area (Å²) < 4.78 is 0. The van der Waals surface area contributed by atoms with Crippen LogP contribution in [0.1, 0.15) is 61.8 Å². The van der Waals surface area contributed by atoms with Crippen LogP contribution in [0.4, 0.5) is 11.4 Å². The first-order valence-electron chi connectivity index (χ1n) is 7.63. The third kappa shape index (κ3) is 2.46. The lowest BCUT2D eigenvalue weighted by Crippen LogP contribution is -1.99. The van der Waals surface area contributed by atoms with Crippen LogP contribution < -0.4 is 0 Å². The number of nitrogens with zero attached hydrogens (tertiary/aromatic N) is 4. The summed E-state index contributed by atoms with van der Waals surface area (Å²) in [5, 5.41) is 20.2. The lowest BCUT2D eigenvalue weighted by molar-refractivity contribution is 0.864. The zero-order chi connectivity index (χ0) is 18.0. The van der Waals surface area contributed by atoms with E-state index in [9.17, 15) is 10.5 Å². The Labute approximate surface area is 142 Å². The smallest absolute Gasteiger partial charge is 0.188 e. The van der Waals surface area contributed by atoms with Crippen molar-refractivity contribution in [2.45, 2.75) is 39.5 Å². The van der Waals surface area contributed by atoms with Gasteiger partial charge in [-0.15, -0.1) is 0 Å². The van der Waals surface area contributed by atoms with Crippen LogP contribution in [0.25, 0.3) is 20.5 Å². The molecule has 0 amide bonds. The molecule has 0 atom stereocenters. The topological polar surface area (TPSA) is 56.3 Å². The van der Waals surface area contributed by atoms with Crippen LogP contribution in [0.15, 0.2) is 12.1 Å². The molecule has 0 aliphatic heterocycles. The first-order valence-corrected chi connectivity index (χ1v) is 7.63. The average molecular weight is 312 g/mol. The molecule has 2 rings (SSSR count). The molecule has 0 radical (unpaired) electrons. The molecule has 4 heteroatoms. The molecule has 0 heterocycles. The molecule has 4 nitrogen and oxygen atoms in total. The molecule has 0 spiro atoms. The van der Waals surface area contributed by atoms with Gasteiger partial charge in [0.1, 0.15) is 0 Å². The molecule has 0 fully saturated rings. The molecule has 116 valence electrons. The van der Waals surface area contributed by atoms with E-state index in [1.807, 2.05) is 27.7 Å². The molecule has 0 aliphatic carbocycles. The van der Waals surface area contributed by atoms with Crippen molar-refractivity contribution in [2.75, 3.05) is 0 Å². The van der Waals surface area contributed by atoms with E-state index in [-0.39, 0.29) is 11.8 Å². The van der Waals surface area contributed by atoms with Gasteiger partial charge in [-0.05, 0) is 33.7 Å². The van der Waals surface area contributed by atoms with E-state index >= 15 is 0 Å². The highest BCUT2D eigenvalue weighted by Crippen LogP contribution is 2.45. The molecule has 0 saturated carbocycles. The van der Waals surface area contributed by atoms with Crippen LogP contribution >= 0.6 is 0 Å². The fourth-order valence-electron chi connectivity index (χ4n) is 2.95. The van der Waals surface area contributed by atoms with Crippen molar-refractivity contribution in [3.8, 4) is 12.1 Å². The van der Waals surface area contributed by atoms with Crippen LogP contribution in [0.2, 0.25) is 0 Å². The molecule has 0 aromatic heterocycles. The minimum atomic E-state index is 0.0391. The van der Waals surface area contributed by atoms with Crippen molar-refractivity contribution < 1.29 is 0 Å². The highest BCUT2D eigenvalue weighted by Gasteiger charge is 2.23. The van der Waals surface area contributed by atoms with Gasteiger partial charge in [0.2, 0.25) is 0 Å². The van der Waals surface area contributed by atoms with Crippen molar-refractivity contribution in [3.63, 3.8) is 0 Å². The maximum Gasteiger partial charge on any atom is 0.188 e. The summed E-state index contributed by atoms with van der Waals surface area (Å²) >= 11 is 0. The predicted molar refractivity (Wildman–Crippen MR) is 94.1 cm³/mol. The highest BCUT2D eigenvalue weighted by atomic mass is 14.7. The standard InChI is InChI=1S/C20H16N4/c1-11(2)14-8-17(23-5)19-18(16(14)10-22)13(9-21)7-15(12(3)4)20(19)24-6/h7-8,11-12H,1-4H3. The second kappa shape index (κ2) is 6.42. The number of hydrogen-bond acceptors (Lipinski definition) is 2. The zero-order valence-electron chi connectivity index (χ0n) is 14.1. The third-order valence-electron chi connectivity index (χ3n) is 4.12. The maximum absolute atomic E-state index is 9.68. The summed E-state index contributed by atoms with van der Waals surface area (Å²) in [5.74, 6) is 0.0803. The van der Waals surface area contributed by atoms with Gasteiger partial charge >= 0.3 is 0 Å². The fourth-order valence-corrected chi connectivity index (χ4v) is 2.95. The second-order valence-corrected chi connectivity index (χ2v) is 6.23. The van der Waals surface area contributed by atoms with Crippen LogP contribution in [0.3, 0.4) is 0 Å². The molecule has 0 unspecified atom stereocenters. The molecular weight excluding hydrogens is 296 g/mol. The Morgan fingerprint density at radius 3 is 1.92 bits per heavy atom. The van der Waals surface area contributed by atoms with Gasteiger partial charge in [0.05, 0.1) is 36.4 Å². The normalized spacial score (nSPS) is 10.2. The molecule has 0 saturated heterocycles. The summed E-state index contributed by atoms with van der Waals surface area (Å²) in [4.78, 5) is 7.23. The fraction of sp³-hybridized carbons (Fsp3) is 0.300. The van der Waals surface area contributed by atoms with Crippen molar-refractivity contribution in [1.82, 2.24) is 0 Å². The third-order valence-corrected chi connectivity index (χ3v) is 4.12. The van der Waals surface area contributed by atoms with E-state index in [0.29, 0.717) is 33.3 Å². The SMILES string of the molecule is [C-]#[N+]c1cc(C(C)C)c(C#N)c2c(C#N)cc(C(C)C)c([N+]#[C-])c12. The number of fused-ring (bicyclic) bond motifs is 1. The summed E-state index contributed by atoms with van der Waals surface area (Å²) in [5.41, 5.74) is 2.92. The number of benzene rings is 2. The Balaban J connectivity index is 3.27. The molecular formula is C20H16N4. The summed E-state index contributed by atoms with van der Waals surface area (Å²) in [6, 6.07) is 7.73. The quantitative estimate of drug-likeness (QED) is 0.645. The van der Waals surface area contributed by atoms with E-state index in [0.717, 1.165) is 11.1 Å². The van der Waals surface area contributed by atoms with Gasteiger partial charge in [0.25, 0.3) is 0 Å². The van der Waals surface area contributed by atoms with E-state index in [4.69, 9.17) is 13.1 Å². The predicted octanol–water partition coefficient (Wildman–Crippen LogP) is 5.93. The van der Waals surface area contributed by atoms with Crippen molar-refractivity contribution in [3.05, 3.63) is 57.2 Å². The minimum Gasteiger partial charge on any atom is -0.239 e. The van der Waals surface area contributed by atoms with E-state index in [1.54, 1.807) is 12.1 Å². The van der Waals surface area contributed by atoms with Crippen LogP contribution in [0.5, 0.6) is 0 Å². The van der Waals surface area contributed by atoms with Crippen molar-refractivity contribution in [1.29, 1.82) is 10.5 Å². The monoisotopic (exact) mass is 312 g/mol. The molecule has 24 heavy (non-hydrogen) atoms. The maximum atomic E-state index is 9.68. The van der Waals surface area contributed by atoms with Gasteiger partial charge in [-0.3, -0.25) is 0 Å². The van der Waals surface area contributed by atoms with Gasteiger partial charge < -0.3 is 0 Å². The lowest BCUT2D eigenvalue weighted by atomic mass is 9.86. The molecule has 2 aromatic rings.